The first kappa shape index (κ1) is 20.9. The molecule has 0 saturated carbocycles. The first-order valence-corrected chi connectivity index (χ1v) is 10.6. The van der Waals surface area contributed by atoms with Gasteiger partial charge in [-0.25, -0.2) is 0 Å². The van der Waals surface area contributed by atoms with E-state index in [0.717, 1.165) is 39.2 Å². The molecule has 4 rings (SSSR count). The van der Waals surface area contributed by atoms with Crippen molar-refractivity contribution in [2.24, 2.45) is 0 Å². The van der Waals surface area contributed by atoms with E-state index in [4.69, 9.17) is 16.7 Å². The minimum Gasteiger partial charge on any atom is -0.324 e. The van der Waals surface area contributed by atoms with Crippen LogP contribution in [0.4, 0.5) is 5.69 Å². The van der Waals surface area contributed by atoms with Crippen LogP contribution in [0.3, 0.4) is 0 Å². The van der Waals surface area contributed by atoms with Crippen LogP contribution in [0.2, 0.25) is 5.02 Å². The molecule has 4 aromatic rings. The Morgan fingerprint density at radius 3 is 1.84 bits per heavy atom. The molecule has 31 heavy (non-hydrogen) atoms. The number of anilines is 1. The smallest absolute Gasteiger partial charge is 0.246 e. The largest absolute Gasteiger partial charge is 0.324 e. The van der Waals surface area contributed by atoms with Crippen LogP contribution < -0.4 is 5.32 Å². The summed E-state index contributed by atoms with van der Waals surface area (Å²) in [6, 6.07) is 23.8. The van der Waals surface area contributed by atoms with Gasteiger partial charge in [0.1, 0.15) is 12.2 Å². The standard InChI is InChI=1S/C26H24ClN3O/c1-17-4-10-20(11-5-17)25-24(27)26(21-12-6-18(2)7-13-21)30(29-25)16-23(31)28-22-14-8-19(3)9-15-22/h4-15H,16H2,1-3H3,(H,28,31). The van der Waals surface area contributed by atoms with Crippen molar-refractivity contribution in [3.8, 4) is 22.5 Å². The first-order chi connectivity index (χ1) is 14.9. The highest BCUT2D eigenvalue weighted by Crippen LogP contribution is 2.36. The molecule has 3 aromatic carbocycles. The summed E-state index contributed by atoms with van der Waals surface area (Å²) < 4.78 is 1.69. The Labute approximate surface area is 187 Å². The normalized spacial score (nSPS) is 10.8. The van der Waals surface area contributed by atoms with Crippen molar-refractivity contribution in [2.45, 2.75) is 27.3 Å². The third-order valence-corrected chi connectivity index (χ3v) is 5.53. The molecule has 1 heterocycles. The summed E-state index contributed by atoms with van der Waals surface area (Å²) in [7, 11) is 0. The average molecular weight is 430 g/mol. The predicted molar refractivity (Wildman–Crippen MR) is 127 cm³/mol. The molecule has 1 amide bonds. The monoisotopic (exact) mass is 429 g/mol. The zero-order valence-electron chi connectivity index (χ0n) is 17.8. The maximum absolute atomic E-state index is 12.8. The van der Waals surface area contributed by atoms with Crippen LogP contribution in [0.15, 0.2) is 72.8 Å². The number of nitrogens with one attached hydrogen (secondary N) is 1. The van der Waals surface area contributed by atoms with Gasteiger partial charge < -0.3 is 5.32 Å². The summed E-state index contributed by atoms with van der Waals surface area (Å²) >= 11 is 6.82. The maximum Gasteiger partial charge on any atom is 0.246 e. The molecule has 0 atom stereocenters. The Morgan fingerprint density at radius 2 is 1.29 bits per heavy atom. The Hall–Kier alpha value is -3.37. The molecule has 4 nitrogen and oxygen atoms in total. The van der Waals surface area contributed by atoms with Gasteiger partial charge in [0.25, 0.3) is 0 Å². The minimum atomic E-state index is -0.160. The van der Waals surface area contributed by atoms with E-state index in [9.17, 15) is 4.79 Å². The number of rotatable bonds is 5. The summed E-state index contributed by atoms with van der Waals surface area (Å²) in [5.41, 5.74) is 7.45. The minimum absolute atomic E-state index is 0.0582. The fourth-order valence-corrected chi connectivity index (χ4v) is 3.76. The topological polar surface area (TPSA) is 46.9 Å². The van der Waals surface area contributed by atoms with Crippen molar-refractivity contribution < 1.29 is 4.79 Å². The van der Waals surface area contributed by atoms with E-state index in [2.05, 4.69) is 5.32 Å². The molecule has 0 aliphatic rings. The fourth-order valence-electron chi connectivity index (χ4n) is 3.41. The Balaban J connectivity index is 1.71. The average Bonchev–Trinajstić information content (AvgIpc) is 3.06. The molecule has 1 N–H and O–H groups in total. The van der Waals surface area contributed by atoms with Gasteiger partial charge in [0.2, 0.25) is 5.91 Å². The molecule has 0 aliphatic heterocycles. The number of aromatic nitrogens is 2. The number of aryl methyl sites for hydroxylation is 3. The molecule has 0 spiro atoms. The molecule has 1 aromatic heterocycles. The van der Waals surface area contributed by atoms with Crippen molar-refractivity contribution in [3.05, 3.63) is 94.5 Å². The second kappa shape index (κ2) is 8.78. The van der Waals surface area contributed by atoms with Gasteiger partial charge in [-0.15, -0.1) is 0 Å². The van der Waals surface area contributed by atoms with Crippen LogP contribution in [-0.2, 0) is 11.3 Å². The highest BCUT2D eigenvalue weighted by atomic mass is 35.5. The van der Waals surface area contributed by atoms with Gasteiger partial charge in [0.15, 0.2) is 0 Å². The van der Waals surface area contributed by atoms with Gasteiger partial charge in [-0.2, -0.15) is 5.10 Å². The third kappa shape index (κ3) is 4.70. The quantitative estimate of drug-likeness (QED) is 0.397. The van der Waals surface area contributed by atoms with Gasteiger partial charge in [-0.05, 0) is 32.9 Å². The molecule has 5 heteroatoms. The molecule has 0 unspecified atom stereocenters. The van der Waals surface area contributed by atoms with Crippen LogP contribution in [0.25, 0.3) is 22.5 Å². The highest BCUT2D eigenvalue weighted by molar-refractivity contribution is 6.35. The SMILES string of the molecule is Cc1ccc(NC(=O)Cn2nc(-c3ccc(C)cc3)c(Cl)c2-c2ccc(C)cc2)cc1. The van der Waals surface area contributed by atoms with E-state index in [0.29, 0.717) is 10.7 Å². The lowest BCUT2D eigenvalue weighted by Crippen LogP contribution is -2.20. The molecule has 0 aliphatic carbocycles. The lowest BCUT2D eigenvalue weighted by Gasteiger charge is -2.09. The number of halogens is 1. The summed E-state index contributed by atoms with van der Waals surface area (Å²) in [6.07, 6.45) is 0. The van der Waals surface area contributed by atoms with Crippen LogP contribution in [-0.4, -0.2) is 15.7 Å². The van der Waals surface area contributed by atoms with Crippen LogP contribution in [0, 0.1) is 20.8 Å². The van der Waals surface area contributed by atoms with Gasteiger partial charge in [0, 0.05) is 16.8 Å². The number of amides is 1. The lowest BCUT2D eigenvalue weighted by molar-refractivity contribution is -0.116. The van der Waals surface area contributed by atoms with Gasteiger partial charge in [-0.1, -0.05) is 89.0 Å². The number of nitrogens with zero attached hydrogens (tertiary/aromatic N) is 2. The molecule has 0 radical (unpaired) electrons. The van der Waals surface area contributed by atoms with Crippen molar-refractivity contribution >= 4 is 23.2 Å². The van der Waals surface area contributed by atoms with Crippen molar-refractivity contribution in [1.82, 2.24) is 9.78 Å². The number of benzene rings is 3. The summed E-state index contributed by atoms with van der Waals surface area (Å²) in [5.74, 6) is -0.160. The summed E-state index contributed by atoms with van der Waals surface area (Å²) in [5, 5.41) is 8.20. The molecular formula is C26H24ClN3O. The highest BCUT2D eigenvalue weighted by Gasteiger charge is 2.21. The van der Waals surface area contributed by atoms with Crippen molar-refractivity contribution in [1.29, 1.82) is 0 Å². The molecule has 156 valence electrons. The van der Waals surface area contributed by atoms with E-state index in [1.54, 1.807) is 4.68 Å². The first-order valence-electron chi connectivity index (χ1n) is 10.2. The Bertz CT molecular complexity index is 1210. The fraction of sp³-hybridized carbons (Fsp3) is 0.154. The van der Waals surface area contributed by atoms with E-state index >= 15 is 0 Å². The van der Waals surface area contributed by atoms with E-state index in [-0.39, 0.29) is 12.5 Å². The number of hydrogen-bond donors (Lipinski definition) is 1. The zero-order chi connectivity index (χ0) is 22.0. The second-order valence-electron chi connectivity index (χ2n) is 7.82. The molecule has 0 bridgehead atoms. The Kier molecular flexibility index (Phi) is 5.92. The summed E-state index contributed by atoms with van der Waals surface area (Å²) in [4.78, 5) is 12.8. The van der Waals surface area contributed by atoms with E-state index in [1.165, 1.54) is 0 Å². The summed E-state index contributed by atoms with van der Waals surface area (Å²) in [6.45, 7) is 6.15. The van der Waals surface area contributed by atoms with E-state index < -0.39 is 0 Å². The number of carbonyl (C=O) groups is 1. The van der Waals surface area contributed by atoms with Gasteiger partial charge >= 0.3 is 0 Å². The van der Waals surface area contributed by atoms with Crippen LogP contribution in [0.1, 0.15) is 16.7 Å². The zero-order valence-corrected chi connectivity index (χ0v) is 18.6. The number of carbonyl (C=O) groups excluding carboxylic acids is 1. The number of hydrogen-bond acceptors (Lipinski definition) is 2. The van der Waals surface area contributed by atoms with Gasteiger partial charge in [0.05, 0.1) is 10.7 Å². The molecular weight excluding hydrogens is 406 g/mol. The van der Waals surface area contributed by atoms with E-state index in [1.807, 2.05) is 93.6 Å². The molecule has 0 fully saturated rings. The predicted octanol–water partition coefficient (Wildman–Crippen LogP) is 6.43. The van der Waals surface area contributed by atoms with Crippen LogP contribution in [0.5, 0.6) is 0 Å². The van der Waals surface area contributed by atoms with Crippen LogP contribution >= 0.6 is 11.6 Å². The van der Waals surface area contributed by atoms with Crippen molar-refractivity contribution in [2.75, 3.05) is 5.32 Å². The van der Waals surface area contributed by atoms with Crippen molar-refractivity contribution in [3.63, 3.8) is 0 Å². The maximum atomic E-state index is 12.8. The van der Waals surface area contributed by atoms with Gasteiger partial charge in [-0.3, -0.25) is 9.48 Å². The molecule has 0 saturated heterocycles. The lowest BCUT2D eigenvalue weighted by atomic mass is 10.1. The Morgan fingerprint density at radius 1 is 0.806 bits per heavy atom. The second-order valence-corrected chi connectivity index (χ2v) is 8.19. The third-order valence-electron chi connectivity index (χ3n) is 5.17.